The number of nitrogens with zero attached hydrogens (tertiary/aromatic N) is 3. The molecule has 0 spiro atoms. The first-order valence-electron chi connectivity index (χ1n) is 10.8. The normalized spacial score (nSPS) is 21.0. The van der Waals surface area contributed by atoms with Crippen LogP contribution in [0.15, 0.2) is 48.5 Å². The van der Waals surface area contributed by atoms with E-state index in [1.165, 1.54) is 18.2 Å². The molecule has 1 atom stereocenters. The highest BCUT2D eigenvalue weighted by Crippen LogP contribution is 2.24. The number of carbonyl (C=O) groups excluding carboxylic acids is 1. The van der Waals surface area contributed by atoms with Crippen molar-refractivity contribution in [2.24, 2.45) is 5.92 Å². The van der Waals surface area contributed by atoms with Crippen LogP contribution < -0.4 is 10.2 Å². The monoisotopic (exact) mass is 412 g/mol. The lowest BCUT2D eigenvalue weighted by Crippen LogP contribution is -2.50. The molecule has 1 unspecified atom stereocenters. The van der Waals surface area contributed by atoms with Gasteiger partial charge in [0.2, 0.25) is 0 Å². The number of hydrogen-bond donors (Lipinski definition) is 0. The van der Waals surface area contributed by atoms with Gasteiger partial charge in [-0.3, -0.25) is 4.79 Å². The van der Waals surface area contributed by atoms with Crippen molar-refractivity contribution in [1.82, 2.24) is 10.2 Å². The third-order valence-corrected chi connectivity index (χ3v) is 6.29. The minimum absolute atomic E-state index is 0.0141. The Morgan fingerprint density at radius 2 is 1.77 bits per heavy atom. The van der Waals surface area contributed by atoms with E-state index >= 15 is 0 Å². The van der Waals surface area contributed by atoms with Gasteiger partial charge in [0.25, 0.3) is 0 Å². The van der Waals surface area contributed by atoms with Gasteiger partial charge < -0.3 is 9.80 Å². The zero-order valence-electron chi connectivity index (χ0n) is 17.1. The van der Waals surface area contributed by atoms with Gasteiger partial charge in [-0.1, -0.05) is 6.07 Å². The molecular formula is C24H28F2N3O. The number of ketones is 1. The SMILES string of the molecule is O=C(c1ccc(F)cc1)C1CCN(CCC2C[N]CCN2c2cccc(F)c2)CC1. The second-order valence-electron chi connectivity index (χ2n) is 8.23. The highest BCUT2D eigenvalue weighted by Gasteiger charge is 2.28. The maximum atomic E-state index is 13.7. The third-order valence-electron chi connectivity index (χ3n) is 6.29. The number of carbonyl (C=O) groups is 1. The molecule has 4 nitrogen and oxygen atoms in total. The Hall–Kier alpha value is -2.31. The summed E-state index contributed by atoms with van der Waals surface area (Å²) in [5.41, 5.74) is 1.53. The number of benzene rings is 2. The number of piperazine rings is 1. The molecule has 0 saturated carbocycles. The highest BCUT2D eigenvalue weighted by atomic mass is 19.1. The van der Waals surface area contributed by atoms with Gasteiger partial charge in [0, 0.05) is 49.4 Å². The molecular weight excluding hydrogens is 384 g/mol. The fourth-order valence-corrected chi connectivity index (χ4v) is 4.54. The molecule has 2 aliphatic heterocycles. The molecule has 4 rings (SSSR count). The highest BCUT2D eigenvalue weighted by molar-refractivity contribution is 5.97. The quantitative estimate of drug-likeness (QED) is 0.679. The summed E-state index contributed by atoms with van der Waals surface area (Å²) in [6, 6.07) is 12.9. The van der Waals surface area contributed by atoms with Crippen LogP contribution in [0.4, 0.5) is 14.5 Å². The summed E-state index contributed by atoms with van der Waals surface area (Å²) >= 11 is 0. The fourth-order valence-electron chi connectivity index (χ4n) is 4.54. The summed E-state index contributed by atoms with van der Waals surface area (Å²) < 4.78 is 26.8. The predicted octanol–water partition coefficient (Wildman–Crippen LogP) is 3.74. The Balaban J connectivity index is 1.28. The van der Waals surface area contributed by atoms with Crippen LogP contribution in [0.2, 0.25) is 0 Å². The van der Waals surface area contributed by atoms with E-state index in [0.717, 1.165) is 64.2 Å². The van der Waals surface area contributed by atoms with E-state index in [0.29, 0.717) is 5.56 Å². The summed E-state index contributed by atoms with van der Waals surface area (Å²) in [5.74, 6) is -0.386. The first-order chi connectivity index (χ1) is 14.6. The molecule has 159 valence electrons. The lowest BCUT2D eigenvalue weighted by atomic mass is 9.88. The Morgan fingerprint density at radius 3 is 2.50 bits per heavy atom. The van der Waals surface area contributed by atoms with Crippen LogP contribution in [0.5, 0.6) is 0 Å². The standard InChI is InChI=1S/C24H28F2N3O/c25-20-6-4-18(5-7-20)24(30)19-8-12-28(13-9-19)14-10-23-17-27-11-15-29(23)22-3-1-2-21(26)16-22/h1-7,16,19,23H,8-15,17H2. The van der Waals surface area contributed by atoms with Crippen molar-refractivity contribution >= 4 is 11.5 Å². The summed E-state index contributed by atoms with van der Waals surface area (Å²) in [7, 11) is 0. The summed E-state index contributed by atoms with van der Waals surface area (Å²) in [5, 5.41) is 4.57. The van der Waals surface area contributed by atoms with E-state index in [1.807, 2.05) is 6.07 Å². The van der Waals surface area contributed by atoms with Crippen molar-refractivity contribution in [3.05, 3.63) is 65.7 Å². The van der Waals surface area contributed by atoms with Crippen molar-refractivity contribution in [2.45, 2.75) is 25.3 Å². The Bertz CT molecular complexity index is 850. The van der Waals surface area contributed by atoms with Crippen molar-refractivity contribution < 1.29 is 13.6 Å². The third kappa shape index (κ3) is 5.05. The van der Waals surface area contributed by atoms with Gasteiger partial charge in [0.15, 0.2) is 5.78 Å². The molecule has 6 heteroatoms. The molecule has 2 heterocycles. The molecule has 30 heavy (non-hydrogen) atoms. The smallest absolute Gasteiger partial charge is 0.166 e. The summed E-state index contributed by atoms with van der Waals surface area (Å²) in [6.45, 7) is 5.11. The minimum Gasteiger partial charge on any atom is -0.366 e. The van der Waals surface area contributed by atoms with Crippen LogP contribution >= 0.6 is 0 Å². The molecule has 2 saturated heterocycles. The minimum atomic E-state index is -0.317. The van der Waals surface area contributed by atoms with Crippen molar-refractivity contribution in [3.8, 4) is 0 Å². The number of halogens is 2. The molecule has 2 aromatic carbocycles. The van der Waals surface area contributed by atoms with E-state index in [9.17, 15) is 13.6 Å². The lowest BCUT2D eigenvalue weighted by molar-refractivity contribution is 0.0837. The van der Waals surface area contributed by atoms with E-state index in [1.54, 1.807) is 24.3 Å². The van der Waals surface area contributed by atoms with Crippen molar-refractivity contribution in [3.63, 3.8) is 0 Å². The fraction of sp³-hybridized carbons (Fsp3) is 0.458. The van der Waals surface area contributed by atoms with E-state index < -0.39 is 0 Å². The van der Waals surface area contributed by atoms with Crippen molar-refractivity contribution in [1.29, 1.82) is 0 Å². The molecule has 0 bridgehead atoms. The molecule has 2 fully saturated rings. The summed E-state index contributed by atoms with van der Waals surface area (Å²) in [4.78, 5) is 17.3. The first kappa shape index (κ1) is 20.9. The summed E-state index contributed by atoms with van der Waals surface area (Å²) in [6.07, 6.45) is 2.63. The number of rotatable bonds is 6. The van der Waals surface area contributed by atoms with Gasteiger partial charge in [-0.05, 0) is 74.8 Å². The Kier molecular flexibility index (Phi) is 6.75. The van der Waals surface area contributed by atoms with E-state index in [4.69, 9.17) is 0 Å². The topological polar surface area (TPSA) is 37.7 Å². The predicted molar refractivity (Wildman–Crippen MR) is 114 cm³/mol. The maximum absolute atomic E-state index is 13.7. The number of anilines is 1. The maximum Gasteiger partial charge on any atom is 0.166 e. The Morgan fingerprint density at radius 1 is 1.00 bits per heavy atom. The van der Waals surface area contributed by atoms with Gasteiger partial charge in [-0.25, -0.2) is 14.1 Å². The van der Waals surface area contributed by atoms with Gasteiger partial charge in [0.05, 0.1) is 0 Å². The zero-order chi connectivity index (χ0) is 20.9. The van der Waals surface area contributed by atoms with Crippen LogP contribution in [0, 0.1) is 17.6 Å². The molecule has 0 N–H and O–H groups in total. The number of hydrogen-bond acceptors (Lipinski definition) is 3. The van der Waals surface area contributed by atoms with Crippen LogP contribution in [0.3, 0.4) is 0 Å². The largest absolute Gasteiger partial charge is 0.366 e. The van der Waals surface area contributed by atoms with Crippen LogP contribution in [0.25, 0.3) is 0 Å². The van der Waals surface area contributed by atoms with Crippen molar-refractivity contribution in [2.75, 3.05) is 44.2 Å². The zero-order valence-corrected chi connectivity index (χ0v) is 17.1. The first-order valence-corrected chi connectivity index (χ1v) is 10.8. The average Bonchev–Trinajstić information content (AvgIpc) is 2.78. The molecule has 0 amide bonds. The molecule has 1 radical (unpaired) electrons. The molecule has 2 aliphatic rings. The molecule has 0 aliphatic carbocycles. The number of Topliss-reactive ketones (excluding diaryl/α,β-unsaturated/α-hetero) is 1. The molecule has 2 aromatic rings. The van der Waals surface area contributed by atoms with Crippen LogP contribution in [0.1, 0.15) is 29.6 Å². The number of piperidine rings is 1. The van der Waals surface area contributed by atoms with Crippen LogP contribution in [-0.2, 0) is 0 Å². The van der Waals surface area contributed by atoms with E-state index in [2.05, 4.69) is 15.1 Å². The van der Waals surface area contributed by atoms with Gasteiger partial charge in [-0.2, -0.15) is 0 Å². The molecule has 0 aromatic heterocycles. The number of likely N-dealkylation sites (tertiary alicyclic amines) is 1. The average molecular weight is 413 g/mol. The van der Waals surface area contributed by atoms with Gasteiger partial charge in [0.1, 0.15) is 11.6 Å². The van der Waals surface area contributed by atoms with Gasteiger partial charge >= 0.3 is 0 Å². The van der Waals surface area contributed by atoms with E-state index in [-0.39, 0.29) is 29.4 Å². The second kappa shape index (κ2) is 9.67. The Labute approximate surface area is 176 Å². The lowest BCUT2D eigenvalue weighted by Gasteiger charge is -2.39. The van der Waals surface area contributed by atoms with Crippen LogP contribution in [-0.4, -0.2) is 56.0 Å². The second-order valence-corrected chi connectivity index (χ2v) is 8.23. The van der Waals surface area contributed by atoms with Gasteiger partial charge in [-0.15, -0.1) is 0 Å².